The molecule has 152 valence electrons. The minimum absolute atomic E-state index is 0.00872. The van der Waals surface area contributed by atoms with E-state index in [-0.39, 0.29) is 5.91 Å². The summed E-state index contributed by atoms with van der Waals surface area (Å²) in [4.78, 5) is 15.6. The summed E-state index contributed by atoms with van der Waals surface area (Å²) >= 11 is 3.06. The molecule has 0 atom stereocenters. The minimum Gasteiger partial charge on any atom is -0.378 e. The fraction of sp³-hybridized carbons (Fsp3) is 0.350. The molecule has 3 heterocycles. The number of rotatable bonds is 8. The maximum Gasteiger partial charge on any atom is 0.230 e. The van der Waals surface area contributed by atoms with Crippen molar-refractivity contribution in [2.75, 3.05) is 37.0 Å². The highest BCUT2D eigenvalue weighted by Gasteiger charge is 2.21. The summed E-state index contributed by atoms with van der Waals surface area (Å²) in [7, 11) is 0. The van der Waals surface area contributed by atoms with Crippen LogP contribution in [0.3, 0.4) is 0 Å². The summed E-state index contributed by atoms with van der Waals surface area (Å²) in [5.74, 6) is 1.13. The Bertz CT molecular complexity index is 908. The molecule has 1 amide bonds. The van der Waals surface area contributed by atoms with Gasteiger partial charge < -0.3 is 15.0 Å². The lowest BCUT2D eigenvalue weighted by Crippen LogP contribution is -2.38. The number of benzene rings is 1. The summed E-state index contributed by atoms with van der Waals surface area (Å²) in [5, 5.41) is 14.5. The number of ether oxygens (including phenoxy) is 1. The van der Waals surface area contributed by atoms with E-state index in [4.69, 9.17) is 4.74 Å². The number of carbonyl (C=O) groups excluding carboxylic acids is 1. The van der Waals surface area contributed by atoms with Gasteiger partial charge in [-0.05, 0) is 17.0 Å². The molecule has 9 heteroatoms. The predicted molar refractivity (Wildman–Crippen MR) is 115 cm³/mol. The number of thiophene rings is 1. The van der Waals surface area contributed by atoms with Crippen LogP contribution < -0.4 is 10.2 Å². The number of morpholine rings is 1. The van der Waals surface area contributed by atoms with Gasteiger partial charge in [0, 0.05) is 18.0 Å². The van der Waals surface area contributed by atoms with E-state index < -0.39 is 0 Å². The standard InChI is InChI=1S/C20H23N5O2S2/c26-18(21-13-17-7-4-12-28-17)15-29-20-23-22-19(24-8-10-27-11-9-24)25(20)14-16-5-2-1-3-6-16/h1-7,12H,8-11,13-15H2,(H,21,26). The largest absolute Gasteiger partial charge is 0.378 e. The lowest BCUT2D eigenvalue weighted by atomic mass is 10.2. The average molecular weight is 430 g/mol. The monoisotopic (exact) mass is 429 g/mol. The van der Waals surface area contributed by atoms with Crippen molar-refractivity contribution in [3.8, 4) is 0 Å². The second-order valence-corrected chi connectivity index (χ2v) is 8.57. The molecule has 3 aromatic rings. The number of carbonyl (C=O) groups is 1. The SMILES string of the molecule is O=C(CSc1nnc(N2CCOCC2)n1Cc1ccccc1)NCc1cccs1. The van der Waals surface area contributed by atoms with Crippen LogP contribution >= 0.6 is 23.1 Å². The molecule has 0 saturated carbocycles. The van der Waals surface area contributed by atoms with Crippen molar-refractivity contribution < 1.29 is 9.53 Å². The molecule has 7 nitrogen and oxygen atoms in total. The zero-order valence-corrected chi connectivity index (χ0v) is 17.6. The van der Waals surface area contributed by atoms with Gasteiger partial charge in [0.1, 0.15) is 0 Å². The van der Waals surface area contributed by atoms with Gasteiger partial charge in [-0.1, -0.05) is 48.2 Å². The summed E-state index contributed by atoms with van der Waals surface area (Å²) in [5.41, 5.74) is 1.17. The van der Waals surface area contributed by atoms with Crippen LogP contribution in [-0.4, -0.2) is 52.7 Å². The van der Waals surface area contributed by atoms with Crippen LogP contribution in [0.1, 0.15) is 10.4 Å². The van der Waals surface area contributed by atoms with Gasteiger partial charge in [-0.25, -0.2) is 0 Å². The molecular formula is C20H23N5O2S2. The van der Waals surface area contributed by atoms with E-state index in [0.717, 1.165) is 29.1 Å². The summed E-state index contributed by atoms with van der Waals surface area (Å²) < 4.78 is 7.56. The molecule has 1 aromatic carbocycles. The number of hydrogen-bond acceptors (Lipinski definition) is 7. The fourth-order valence-corrected chi connectivity index (χ4v) is 4.48. The van der Waals surface area contributed by atoms with Crippen LogP contribution in [0.2, 0.25) is 0 Å². The highest BCUT2D eigenvalue weighted by atomic mass is 32.2. The molecule has 2 aromatic heterocycles. The van der Waals surface area contributed by atoms with Crippen molar-refractivity contribution >= 4 is 35.0 Å². The van der Waals surface area contributed by atoms with Crippen LogP contribution in [0, 0.1) is 0 Å². The van der Waals surface area contributed by atoms with Crippen LogP contribution in [0.25, 0.3) is 0 Å². The van der Waals surface area contributed by atoms with E-state index in [1.54, 1.807) is 11.3 Å². The van der Waals surface area contributed by atoms with Gasteiger partial charge in [0.05, 0.1) is 32.1 Å². The number of nitrogens with one attached hydrogen (secondary N) is 1. The molecule has 1 aliphatic heterocycles. The van der Waals surface area contributed by atoms with Crippen molar-refractivity contribution in [1.82, 2.24) is 20.1 Å². The molecule has 1 N–H and O–H groups in total. The van der Waals surface area contributed by atoms with E-state index in [0.29, 0.717) is 32.1 Å². The molecule has 0 unspecified atom stereocenters. The van der Waals surface area contributed by atoms with Crippen molar-refractivity contribution in [3.05, 3.63) is 58.3 Å². The molecule has 0 bridgehead atoms. The van der Waals surface area contributed by atoms with Gasteiger partial charge in [-0.2, -0.15) is 0 Å². The van der Waals surface area contributed by atoms with Gasteiger partial charge >= 0.3 is 0 Å². The number of amides is 1. The van der Waals surface area contributed by atoms with E-state index in [1.165, 1.54) is 17.3 Å². The number of aromatic nitrogens is 3. The summed E-state index contributed by atoms with van der Waals surface area (Å²) in [6.45, 7) is 4.18. The van der Waals surface area contributed by atoms with Crippen LogP contribution in [0.5, 0.6) is 0 Å². The first-order valence-electron chi connectivity index (χ1n) is 9.51. The summed E-state index contributed by atoms with van der Waals surface area (Å²) in [6, 6.07) is 14.2. The normalized spacial score (nSPS) is 14.1. The number of hydrogen-bond donors (Lipinski definition) is 1. The van der Waals surface area contributed by atoms with Crippen molar-refractivity contribution in [3.63, 3.8) is 0 Å². The maximum absolute atomic E-state index is 12.3. The lowest BCUT2D eigenvalue weighted by molar-refractivity contribution is -0.118. The van der Waals surface area contributed by atoms with Gasteiger partial charge in [0.25, 0.3) is 0 Å². The third kappa shape index (κ3) is 5.37. The number of nitrogens with zero attached hydrogens (tertiary/aromatic N) is 4. The third-order valence-electron chi connectivity index (χ3n) is 4.55. The number of anilines is 1. The Morgan fingerprint density at radius 1 is 1.14 bits per heavy atom. The Kier molecular flexibility index (Phi) is 6.81. The van der Waals surface area contributed by atoms with Crippen LogP contribution in [0.15, 0.2) is 53.0 Å². The quantitative estimate of drug-likeness (QED) is 0.555. The molecule has 4 rings (SSSR count). The third-order valence-corrected chi connectivity index (χ3v) is 6.39. The minimum atomic E-state index is -0.00872. The van der Waals surface area contributed by atoms with Crippen molar-refractivity contribution in [1.29, 1.82) is 0 Å². The Morgan fingerprint density at radius 2 is 1.97 bits per heavy atom. The Labute approximate surface area is 178 Å². The molecule has 1 saturated heterocycles. The lowest BCUT2D eigenvalue weighted by Gasteiger charge is -2.28. The van der Waals surface area contributed by atoms with E-state index in [9.17, 15) is 4.79 Å². The zero-order valence-electron chi connectivity index (χ0n) is 16.0. The Morgan fingerprint density at radius 3 is 2.72 bits per heavy atom. The van der Waals surface area contributed by atoms with E-state index in [1.807, 2.05) is 35.7 Å². The van der Waals surface area contributed by atoms with Gasteiger partial charge in [0.2, 0.25) is 11.9 Å². The first kappa shape index (κ1) is 19.9. The Hall–Kier alpha value is -2.36. The molecule has 0 aliphatic carbocycles. The van der Waals surface area contributed by atoms with Crippen molar-refractivity contribution in [2.45, 2.75) is 18.2 Å². The molecule has 0 spiro atoms. The smallest absolute Gasteiger partial charge is 0.230 e. The van der Waals surface area contributed by atoms with Crippen LogP contribution in [0.4, 0.5) is 5.95 Å². The van der Waals surface area contributed by atoms with Gasteiger partial charge in [0.15, 0.2) is 5.16 Å². The van der Waals surface area contributed by atoms with Crippen molar-refractivity contribution in [2.24, 2.45) is 0 Å². The van der Waals surface area contributed by atoms with Crippen LogP contribution in [-0.2, 0) is 22.6 Å². The molecule has 29 heavy (non-hydrogen) atoms. The topological polar surface area (TPSA) is 72.3 Å². The molecule has 1 aliphatic rings. The predicted octanol–water partition coefficient (Wildman–Crippen LogP) is 2.63. The first-order valence-corrected chi connectivity index (χ1v) is 11.4. The number of thioether (sulfide) groups is 1. The highest BCUT2D eigenvalue weighted by Crippen LogP contribution is 2.24. The second kappa shape index (κ2) is 9.91. The average Bonchev–Trinajstić information content (AvgIpc) is 3.42. The maximum atomic E-state index is 12.3. The molecule has 0 radical (unpaired) electrons. The van der Waals surface area contributed by atoms with Gasteiger partial charge in [-0.15, -0.1) is 21.5 Å². The van der Waals surface area contributed by atoms with Gasteiger partial charge in [-0.3, -0.25) is 9.36 Å². The Balaban J connectivity index is 1.45. The zero-order chi connectivity index (χ0) is 19.9. The fourth-order valence-electron chi connectivity index (χ4n) is 3.07. The molecular weight excluding hydrogens is 406 g/mol. The van der Waals surface area contributed by atoms with E-state index >= 15 is 0 Å². The second-order valence-electron chi connectivity index (χ2n) is 6.60. The highest BCUT2D eigenvalue weighted by molar-refractivity contribution is 7.99. The molecule has 1 fully saturated rings. The summed E-state index contributed by atoms with van der Waals surface area (Å²) in [6.07, 6.45) is 0. The first-order chi connectivity index (χ1) is 14.3. The van der Waals surface area contributed by atoms with E-state index in [2.05, 4.69) is 37.1 Å².